The van der Waals surface area contributed by atoms with Crippen LogP contribution in [0.3, 0.4) is 0 Å². The minimum atomic E-state index is -1.66. The molecular formula is C33H39FN6O6. The Morgan fingerprint density at radius 3 is 2.59 bits per heavy atom. The van der Waals surface area contributed by atoms with E-state index >= 15 is 0 Å². The van der Waals surface area contributed by atoms with Crippen molar-refractivity contribution in [2.75, 3.05) is 46.4 Å². The van der Waals surface area contributed by atoms with Crippen molar-refractivity contribution in [1.29, 1.82) is 0 Å². The van der Waals surface area contributed by atoms with Gasteiger partial charge in [-0.1, -0.05) is 31.8 Å². The first-order chi connectivity index (χ1) is 22.0. The molecule has 3 saturated heterocycles. The van der Waals surface area contributed by atoms with E-state index < -0.39 is 35.6 Å². The molecule has 0 radical (unpaired) electrons. The number of likely N-dealkylation sites (tertiary alicyclic amines) is 1. The van der Waals surface area contributed by atoms with E-state index in [1.165, 1.54) is 18.1 Å². The highest BCUT2D eigenvalue weighted by molar-refractivity contribution is 6.00. The van der Waals surface area contributed by atoms with Crippen LogP contribution in [0.25, 0.3) is 0 Å². The van der Waals surface area contributed by atoms with E-state index in [0.29, 0.717) is 43.5 Å². The number of nitrogens with one attached hydrogen (secondary N) is 2. The van der Waals surface area contributed by atoms with Gasteiger partial charge in [0, 0.05) is 56.3 Å². The van der Waals surface area contributed by atoms with Gasteiger partial charge in [0.25, 0.3) is 11.8 Å². The number of aliphatic hydroxyl groups excluding tert-OH is 1. The number of amides is 4. The second kappa shape index (κ2) is 12.5. The van der Waals surface area contributed by atoms with Crippen LogP contribution in [0.4, 0.5) is 4.39 Å². The van der Waals surface area contributed by atoms with Crippen LogP contribution in [0.5, 0.6) is 5.75 Å². The third-order valence-electron chi connectivity index (χ3n) is 9.57. The van der Waals surface area contributed by atoms with Crippen LogP contribution in [-0.2, 0) is 20.9 Å². The van der Waals surface area contributed by atoms with Crippen molar-refractivity contribution in [3.8, 4) is 17.6 Å². The van der Waals surface area contributed by atoms with Crippen molar-refractivity contribution in [2.24, 2.45) is 5.92 Å². The molecule has 0 saturated carbocycles. The standard InChI is InChI=1S/C33H39FN6O6/c1-4-37-13-15-38(16-14-37)29(42)24-8-10-26(41)40(24)23-7-5-21(17-20(23)2)11-12-33(31(44)35-32(45)36-33)19-39-18-22-6-9-25(46-3)28(34)27(22)30(39)43/h5-7,9,20,24,32,36,45H,4,8,10,13-19H2,1-3H3,(H,35,44). The first kappa shape index (κ1) is 31.7. The van der Waals surface area contributed by atoms with E-state index in [9.17, 15) is 28.7 Å². The van der Waals surface area contributed by atoms with Crippen LogP contribution in [0.2, 0.25) is 0 Å². The number of nitrogens with zero attached hydrogens (tertiary/aromatic N) is 4. The first-order valence-corrected chi connectivity index (χ1v) is 15.7. The third-order valence-corrected chi connectivity index (χ3v) is 9.57. The van der Waals surface area contributed by atoms with E-state index in [2.05, 4.69) is 34.3 Å². The fourth-order valence-electron chi connectivity index (χ4n) is 6.99. The fourth-order valence-corrected chi connectivity index (χ4v) is 6.99. The number of carbonyl (C=O) groups excluding carboxylic acids is 4. The first-order valence-electron chi connectivity index (χ1n) is 15.7. The zero-order valence-electron chi connectivity index (χ0n) is 26.3. The number of hydrogen-bond donors (Lipinski definition) is 3. The van der Waals surface area contributed by atoms with Crippen molar-refractivity contribution in [2.45, 2.75) is 57.6 Å². The van der Waals surface area contributed by atoms with Gasteiger partial charge in [0.2, 0.25) is 11.8 Å². The van der Waals surface area contributed by atoms with Gasteiger partial charge in [-0.15, -0.1) is 0 Å². The van der Waals surface area contributed by atoms with Crippen LogP contribution in [0.15, 0.2) is 35.6 Å². The lowest BCUT2D eigenvalue weighted by Gasteiger charge is -2.38. The third kappa shape index (κ3) is 5.65. The van der Waals surface area contributed by atoms with Gasteiger partial charge in [-0.2, -0.15) is 0 Å². The predicted molar refractivity (Wildman–Crippen MR) is 164 cm³/mol. The second-order valence-electron chi connectivity index (χ2n) is 12.4. The molecule has 0 aromatic heterocycles. The molecule has 0 spiro atoms. The minimum absolute atomic E-state index is 0.0139. The van der Waals surface area contributed by atoms with Crippen molar-refractivity contribution in [1.82, 2.24) is 30.2 Å². The fraction of sp³-hybridized carbons (Fsp3) is 0.515. The van der Waals surface area contributed by atoms with Crippen LogP contribution in [0, 0.1) is 23.6 Å². The van der Waals surface area contributed by atoms with Gasteiger partial charge in [0.15, 0.2) is 23.5 Å². The average molecular weight is 635 g/mol. The van der Waals surface area contributed by atoms with E-state index in [0.717, 1.165) is 25.3 Å². The number of methoxy groups -OCH3 is 1. The molecule has 3 fully saturated rings. The van der Waals surface area contributed by atoms with Gasteiger partial charge < -0.3 is 34.8 Å². The molecule has 5 aliphatic rings. The van der Waals surface area contributed by atoms with Crippen LogP contribution in [-0.4, -0.2) is 113 Å². The second-order valence-corrected chi connectivity index (χ2v) is 12.4. The number of halogens is 1. The molecule has 4 amide bonds. The number of aliphatic hydroxyl groups is 1. The summed E-state index contributed by atoms with van der Waals surface area (Å²) in [6.07, 6.45) is 3.46. The zero-order valence-corrected chi connectivity index (χ0v) is 26.3. The zero-order chi connectivity index (χ0) is 32.7. The van der Waals surface area contributed by atoms with Gasteiger partial charge in [0.1, 0.15) is 6.04 Å². The molecule has 13 heteroatoms. The molecule has 6 rings (SSSR count). The minimum Gasteiger partial charge on any atom is -0.494 e. The maximum Gasteiger partial charge on any atom is 0.257 e. The molecule has 4 unspecified atom stereocenters. The Morgan fingerprint density at radius 1 is 1.17 bits per heavy atom. The SMILES string of the molecule is CCN1CCN(C(=O)C2CCC(=O)N2C2=CC=C(C#CC3(CN4Cc5ccc(OC)c(F)c5C4=O)NC(O)NC3=O)CC2C)CC1. The summed E-state index contributed by atoms with van der Waals surface area (Å²) in [6.45, 7) is 7.79. The summed E-state index contributed by atoms with van der Waals surface area (Å²) in [4.78, 5) is 60.1. The Labute approximate surface area is 267 Å². The summed E-state index contributed by atoms with van der Waals surface area (Å²) in [6, 6.07) is 2.53. The Kier molecular flexibility index (Phi) is 8.62. The number of hydrogen-bond acceptors (Lipinski definition) is 8. The molecule has 4 aliphatic heterocycles. The molecule has 4 heterocycles. The highest BCUT2D eigenvalue weighted by atomic mass is 19.1. The molecule has 1 aromatic carbocycles. The van der Waals surface area contributed by atoms with E-state index in [-0.39, 0.29) is 42.1 Å². The number of piperazine rings is 1. The van der Waals surface area contributed by atoms with Gasteiger partial charge >= 0.3 is 0 Å². The topological polar surface area (TPSA) is 135 Å². The van der Waals surface area contributed by atoms with E-state index in [1.54, 1.807) is 17.0 Å². The lowest BCUT2D eigenvalue weighted by Crippen LogP contribution is -2.55. The molecule has 46 heavy (non-hydrogen) atoms. The Morgan fingerprint density at radius 2 is 1.93 bits per heavy atom. The quantitative estimate of drug-likeness (QED) is 0.386. The van der Waals surface area contributed by atoms with Gasteiger partial charge in [-0.25, -0.2) is 9.71 Å². The Bertz CT molecular complexity index is 1590. The molecule has 4 atom stereocenters. The van der Waals surface area contributed by atoms with Crippen molar-refractivity contribution < 1.29 is 33.4 Å². The monoisotopic (exact) mass is 634 g/mol. The maximum absolute atomic E-state index is 14.9. The van der Waals surface area contributed by atoms with E-state index in [4.69, 9.17) is 4.74 Å². The number of benzene rings is 1. The molecule has 0 bridgehead atoms. The summed E-state index contributed by atoms with van der Waals surface area (Å²) in [5.41, 5.74) is 0.139. The molecule has 1 aliphatic carbocycles. The molecular weight excluding hydrogens is 595 g/mol. The summed E-state index contributed by atoms with van der Waals surface area (Å²) >= 11 is 0. The summed E-state index contributed by atoms with van der Waals surface area (Å²) < 4.78 is 20.0. The number of likely N-dealkylation sites (N-methyl/N-ethyl adjacent to an activating group) is 1. The highest BCUT2D eigenvalue weighted by Gasteiger charge is 2.49. The van der Waals surface area contributed by atoms with Crippen LogP contribution < -0.4 is 15.4 Å². The summed E-state index contributed by atoms with van der Waals surface area (Å²) in [7, 11) is 1.32. The van der Waals surface area contributed by atoms with Crippen molar-refractivity contribution in [3.63, 3.8) is 0 Å². The number of rotatable bonds is 6. The van der Waals surface area contributed by atoms with Crippen molar-refractivity contribution in [3.05, 3.63) is 52.5 Å². The van der Waals surface area contributed by atoms with Crippen LogP contribution in [0.1, 0.15) is 49.0 Å². The van der Waals surface area contributed by atoms with E-state index in [1.807, 2.05) is 17.9 Å². The number of allylic oxidation sites excluding steroid dienone is 4. The predicted octanol–water partition coefficient (Wildman–Crippen LogP) is 0.533. The number of ether oxygens (including phenoxy) is 1. The Hall–Kier alpha value is -4.25. The van der Waals surface area contributed by atoms with Gasteiger partial charge in [-0.3, -0.25) is 19.2 Å². The summed E-state index contributed by atoms with van der Waals surface area (Å²) in [5.74, 6) is 3.76. The Balaban J connectivity index is 1.21. The van der Waals surface area contributed by atoms with Crippen LogP contribution >= 0.6 is 0 Å². The normalized spacial score (nSPS) is 28.1. The van der Waals surface area contributed by atoms with Gasteiger partial charge in [-0.05, 0) is 43.2 Å². The highest BCUT2D eigenvalue weighted by Crippen LogP contribution is 2.35. The molecule has 3 N–H and O–H groups in total. The largest absolute Gasteiger partial charge is 0.494 e. The molecule has 244 valence electrons. The number of fused-ring (bicyclic) bond motifs is 1. The lowest BCUT2D eigenvalue weighted by molar-refractivity contribution is -0.141. The average Bonchev–Trinajstić information content (AvgIpc) is 3.67. The smallest absolute Gasteiger partial charge is 0.257 e. The lowest BCUT2D eigenvalue weighted by atomic mass is 9.90. The summed E-state index contributed by atoms with van der Waals surface area (Å²) in [5, 5.41) is 15.4. The van der Waals surface area contributed by atoms with Crippen molar-refractivity contribution >= 4 is 23.6 Å². The molecule has 12 nitrogen and oxygen atoms in total. The number of carbonyl (C=O) groups is 4. The van der Waals surface area contributed by atoms with Gasteiger partial charge in [0.05, 0.1) is 19.2 Å². The maximum atomic E-state index is 14.9. The molecule has 1 aromatic rings.